The van der Waals surface area contributed by atoms with Crippen molar-refractivity contribution in [2.45, 2.75) is 31.8 Å². The molecule has 0 saturated carbocycles. The number of aliphatic hydroxyl groups is 1. The molecule has 1 atom stereocenters. The van der Waals surface area contributed by atoms with Crippen molar-refractivity contribution in [3.8, 4) is 23.7 Å². The predicted molar refractivity (Wildman–Crippen MR) is 115 cm³/mol. The van der Waals surface area contributed by atoms with Gasteiger partial charge in [0.25, 0.3) is 11.8 Å². The molecule has 0 aliphatic rings. The summed E-state index contributed by atoms with van der Waals surface area (Å²) in [6.45, 7) is 3.48. The summed E-state index contributed by atoms with van der Waals surface area (Å²) in [5, 5.41) is 20.6. The van der Waals surface area contributed by atoms with Gasteiger partial charge in [0.05, 0.1) is 18.5 Å². The molecule has 2 amide bonds. The van der Waals surface area contributed by atoms with Gasteiger partial charge in [0, 0.05) is 30.8 Å². The number of carbonyl (C=O) groups is 2. The molecule has 0 saturated heterocycles. The molecule has 2 rings (SSSR count). The highest BCUT2D eigenvalue weighted by atomic mass is 16.5. The van der Waals surface area contributed by atoms with E-state index >= 15 is 0 Å². The van der Waals surface area contributed by atoms with Crippen LogP contribution in [0.25, 0.3) is 0 Å². The summed E-state index contributed by atoms with van der Waals surface area (Å²) in [4.78, 5) is 33.9. The third kappa shape index (κ3) is 6.09. The first-order valence-corrected chi connectivity index (χ1v) is 9.48. The number of likely N-dealkylation sites (N-methyl/N-ethyl adjacent to an activating group) is 1. The fraction of sp³-hybridized carbons (Fsp3) is 0.318. The van der Waals surface area contributed by atoms with Crippen LogP contribution in [0.15, 0.2) is 36.8 Å². The van der Waals surface area contributed by atoms with E-state index in [4.69, 9.17) is 5.11 Å². The average molecular weight is 423 g/mol. The lowest BCUT2D eigenvalue weighted by molar-refractivity contribution is -0.132. The molecule has 9 heteroatoms. The molecule has 0 spiro atoms. The molecule has 1 aromatic heterocycles. The highest BCUT2D eigenvalue weighted by molar-refractivity contribution is 5.98. The van der Waals surface area contributed by atoms with Crippen LogP contribution in [0.5, 0.6) is 0 Å². The fourth-order valence-electron chi connectivity index (χ4n) is 2.74. The number of hydroxylamine groups is 1. The Kier molecular flexibility index (Phi) is 8.21. The number of nitrogens with one attached hydrogen (secondary N) is 3. The van der Waals surface area contributed by atoms with E-state index in [1.807, 2.05) is 0 Å². The van der Waals surface area contributed by atoms with Crippen molar-refractivity contribution in [2.75, 3.05) is 18.6 Å². The van der Waals surface area contributed by atoms with Crippen LogP contribution >= 0.6 is 0 Å². The Labute approximate surface area is 180 Å². The molecule has 5 N–H and O–H groups in total. The monoisotopic (exact) mass is 423 g/mol. The maximum Gasteiger partial charge on any atom is 0.268 e. The van der Waals surface area contributed by atoms with E-state index in [1.165, 1.54) is 6.33 Å². The smallest absolute Gasteiger partial charge is 0.268 e. The van der Waals surface area contributed by atoms with Crippen LogP contribution in [0.2, 0.25) is 0 Å². The zero-order valence-electron chi connectivity index (χ0n) is 17.6. The molecule has 0 radical (unpaired) electrons. The third-order valence-corrected chi connectivity index (χ3v) is 4.79. The second kappa shape index (κ2) is 10.8. The van der Waals surface area contributed by atoms with E-state index in [0.717, 1.165) is 0 Å². The molecule has 1 aromatic carbocycles. The van der Waals surface area contributed by atoms with Crippen LogP contribution in [0.1, 0.15) is 36.2 Å². The summed E-state index contributed by atoms with van der Waals surface area (Å²) >= 11 is 0. The first-order valence-electron chi connectivity index (χ1n) is 9.48. The van der Waals surface area contributed by atoms with Crippen LogP contribution < -0.4 is 15.7 Å². The molecule has 0 aliphatic carbocycles. The van der Waals surface area contributed by atoms with Crippen molar-refractivity contribution < 1.29 is 19.9 Å². The number of amides is 2. The first kappa shape index (κ1) is 23.5. The Morgan fingerprint density at radius 3 is 2.55 bits per heavy atom. The Morgan fingerprint density at radius 2 is 1.97 bits per heavy atom. The lowest BCUT2D eigenvalue weighted by Crippen LogP contribution is -2.63. The Bertz CT molecular complexity index is 1010. The van der Waals surface area contributed by atoms with E-state index in [0.29, 0.717) is 23.4 Å². The quantitative estimate of drug-likeness (QED) is 0.253. The third-order valence-electron chi connectivity index (χ3n) is 4.79. The highest BCUT2D eigenvalue weighted by Gasteiger charge is 2.40. The molecule has 31 heavy (non-hydrogen) atoms. The molecule has 0 fully saturated rings. The minimum Gasteiger partial charge on any atom is -0.395 e. The van der Waals surface area contributed by atoms with Gasteiger partial charge < -0.3 is 20.3 Å². The van der Waals surface area contributed by atoms with Crippen LogP contribution in [-0.2, 0) is 4.79 Å². The standard InChI is InChI=1S/C22H25N5O4/c1-22(2,27(3)18-14-23-15-24-18)19(21(30)26-31)25-20(29)17-11-9-16(10-12-17)8-6-4-5-7-13-28/h9-12,14-15,19,28,31H,7,13H2,1-3H3,(H,23,24)(H,25,29)(H,26,30)/t19-/m1/s1. The van der Waals surface area contributed by atoms with Gasteiger partial charge in [0.2, 0.25) is 0 Å². The van der Waals surface area contributed by atoms with Crippen molar-refractivity contribution in [1.82, 2.24) is 20.8 Å². The summed E-state index contributed by atoms with van der Waals surface area (Å²) in [7, 11) is 1.73. The Morgan fingerprint density at radius 1 is 1.26 bits per heavy atom. The molecular weight excluding hydrogens is 398 g/mol. The average Bonchev–Trinajstić information content (AvgIpc) is 3.31. The van der Waals surface area contributed by atoms with Crippen LogP contribution in [0, 0.1) is 23.7 Å². The zero-order valence-corrected chi connectivity index (χ0v) is 17.6. The number of H-pyrrole nitrogens is 1. The first-order chi connectivity index (χ1) is 14.8. The zero-order chi connectivity index (χ0) is 22.9. The van der Waals surface area contributed by atoms with Gasteiger partial charge in [0.1, 0.15) is 11.9 Å². The lowest BCUT2D eigenvalue weighted by atomic mass is 9.91. The predicted octanol–water partition coefficient (Wildman–Crippen LogP) is 0.666. The normalized spacial score (nSPS) is 11.3. The SMILES string of the molecule is CN(c1c[nH]cn1)C(C)(C)[C@H](NC(=O)c1ccc(C#CC#CCCO)cc1)C(=O)NO. The topological polar surface area (TPSA) is 131 Å². The van der Waals surface area contributed by atoms with E-state index in [2.05, 4.69) is 39.0 Å². The number of benzene rings is 1. The van der Waals surface area contributed by atoms with E-state index < -0.39 is 23.4 Å². The van der Waals surface area contributed by atoms with Gasteiger partial charge >= 0.3 is 0 Å². The van der Waals surface area contributed by atoms with Crippen LogP contribution in [0.4, 0.5) is 5.82 Å². The Hall–Kier alpha value is -3.79. The maximum absolute atomic E-state index is 12.8. The molecular formula is C22H25N5O4. The van der Waals surface area contributed by atoms with Crippen molar-refractivity contribution in [3.63, 3.8) is 0 Å². The number of nitrogens with zero attached hydrogens (tertiary/aromatic N) is 2. The van der Waals surface area contributed by atoms with Crippen molar-refractivity contribution >= 4 is 17.6 Å². The molecule has 162 valence electrons. The molecule has 0 aliphatic heterocycles. The summed E-state index contributed by atoms with van der Waals surface area (Å²) in [6, 6.07) is 5.40. The number of aromatic nitrogens is 2. The van der Waals surface area contributed by atoms with Gasteiger partial charge in [0.15, 0.2) is 0 Å². The molecule has 0 unspecified atom stereocenters. The number of imidazole rings is 1. The highest BCUT2D eigenvalue weighted by Crippen LogP contribution is 2.23. The lowest BCUT2D eigenvalue weighted by Gasteiger charge is -2.41. The maximum atomic E-state index is 12.8. The molecule has 0 bridgehead atoms. The van der Waals surface area contributed by atoms with E-state index in [-0.39, 0.29) is 6.61 Å². The number of anilines is 1. The molecule has 2 aromatic rings. The number of carbonyl (C=O) groups excluding carboxylic acids is 2. The van der Waals surface area contributed by atoms with Crippen LogP contribution in [-0.4, -0.2) is 57.3 Å². The number of hydrogen-bond donors (Lipinski definition) is 5. The number of aliphatic hydroxyl groups excluding tert-OH is 1. The summed E-state index contributed by atoms with van der Waals surface area (Å²) in [5.74, 6) is 10.2. The summed E-state index contributed by atoms with van der Waals surface area (Å²) < 4.78 is 0. The largest absolute Gasteiger partial charge is 0.395 e. The van der Waals surface area contributed by atoms with Crippen molar-refractivity contribution in [2.24, 2.45) is 0 Å². The number of aromatic amines is 1. The second-order valence-electron chi connectivity index (χ2n) is 7.13. The van der Waals surface area contributed by atoms with Gasteiger partial charge in [-0.15, -0.1) is 0 Å². The van der Waals surface area contributed by atoms with E-state index in [1.54, 1.807) is 61.7 Å². The molecule has 9 nitrogen and oxygen atoms in total. The van der Waals surface area contributed by atoms with Crippen molar-refractivity contribution in [3.05, 3.63) is 47.9 Å². The number of rotatable bonds is 7. The van der Waals surface area contributed by atoms with Crippen LogP contribution in [0.3, 0.4) is 0 Å². The fourth-order valence-corrected chi connectivity index (χ4v) is 2.74. The van der Waals surface area contributed by atoms with Gasteiger partial charge in [-0.1, -0.05) is 11.8 Å². The summed E-state index contributed by atoms with van der Waals surface area (Å²) in [6.07, 6.45) is 3.53. The van der Waals surface area contributed by atoms with Gasteiger partial charge in [-0.05, 0) is 50.0 Å². The van der Waals surface area contributed by atoms with Crippen molar-refractivity contribution in [1.29, 1.82) is 0 Å². The Balaban J connectivity index is 2.17. The molecule has 1 heterocycles. The van der Waals surface area contributed by atoms with E-state index in [9.17, 15) is 14.8 Å². The van der Waals surface area contributed by atoms with Gasteiger partial charge in [-0.3, -0.25) is 14.8 Å². The second-order valence-corrected chi connectivity index (χ2v) is 7.13. The van der Waals surface area contributed by atoms with Gasteiger partial charge in [-0.2, -0.15) is 0 Å². The van der Waals surface area contributed by atoms with Gasteiger partial charge in [-0.25, -0.2) is 10.5 Å². The number of hydrogen-bond acceptors (Lipinski definition) is 6. The minimum atomic E-state index is -1.09. The minimum absolute atomic E-state index is 0.0118. The summed E-state index contributed by atoms with van der Waals surface area (Å²) in [5.41, 5.74) is 1.68.